The number of carboxylic acid groups (broad SMARTS) is 2. The van der Waals surface area contributed by atoms with Gasteiger partial charge in [-0.2, -0.15) is 0 Å². The average molecular weight is 275 g/mol. The van der Waals surface area contributed by atoms with Crippen LogP contribution < -0.4 is 5.32 Å². The van der Waals surface area contributed by atoms with Crippen molar-refractivity contribution in [3.05, 3.63) is 53.0 Å². The van der Waals surface area contributed by atoms with Gasteiger partial charge >= 0.3 is 11.9 Å². The van der Waals surface area contributed by atoms with Crippen LogP contribution in [0, 0.1) is 6.92 Å². The Hall–Kier alpha value is -2.76. The van der Waals surface area contributed by atoms with E-state index in [4.69, 9.17) is 14.6 Å². The third-order valence-corrected chi connectivity index (χ3v) is 2.81. The molecule has 0 bridgehead atoms. The molecule has 1 heterocycles. The van der Waals surface area contributed by atoms with Gasteiger partial charge in [0.2, 0.25) is 5.76 Å². The van der Waals surface area contributed by atoms with E-state index in [1.165, 1.54) is 18.2 Å². The SMILES string of the molecule is Cc1ccc(C(=O)O)cc1NCc1ccc(C(=O)O)o1. The van der Waals surface area contributed by atoms with Gasteiger partial charge in [0.25, 0.3) is 0 Å². The van der Waals surface area contributed by atoms with E-state index in [0.29, 0.717) is 11.4 Å². The highest BCUT2D eigenvalue weighted by Crippen LogP contribution is 2.18. The molecular formula is C14H13NO5. The molecule has 0 unspecified atom stereocenters. The number of anilines is 1. The summed E-state index contributed by atoms with van der Waals surface area (Å²) in [7, 11) is 0. The van der Waals surface area contributed by atoms with Crippen LogP contribution in [0.25, 0.3) is 0 Å². The van der Waals surface area contributed by atoms with Gasteiger partial charge in [-0.05, 0) is 36.8 Å². The van der Waals surface area contributed by atoms with Crippen LogP contribution in [0.1, 0.15) is 32.2 Å². The number of aryl methyl sites for hydroxylation is 1. The summed E-state index contributed by atoms with van der Waals surface area (Å²) in [6.07, 6.45) is 0. The zero-order valence-electron chi connectivity index (χ0n) is 10.7. The molecule has 0 atom stereocenters. The van der Waals surface area contributed by atoms with Crippen molar-refractivity contribution in [2.75, 3.05) is 5.32 Å². The van der Waals surface area contributed by atoms with E-state index in [9.17, 15) is 9.59 Å². The second-order valence-corrected chi connectivity index (χ2v) is 4.26. The molecule has 1 aromatic carbocycles. The summed E-state index contributed by atoms with van der Waals surface area (Å²) in [5.41, 5.74) is 1.74. The lowest BCUT2D eigenvalue weighted by atomic mass is 10.1. The van der Waals surface area contributed by atoms with Gasteiger partial charge in [0, 0.05) is 5.69 Å². The molecule has 0 saturated carbocycles. The quantitative estimate of drug-likeness (QED) is 0.775. The molecule has 2 rings (SSSR count). The minimum absolute atomic E-state index is 0.127. The molecule has 0 aliphatic rings. The zero-order valence-corrected chi connectivity index (χ0v) is 10.7. The fraction of sp³-hybridized carbons (Fsp3) is 0.143. The fourth-order valence-electron chi connectivity index (χ4n) is 1.72. The Morgan fingerprint density at radius 1 is 1.15 bits per heavy atom. The van der Waals surface area contributed by atoms with Crippen LogP contribution in [-0.4, -0.2) is 22.2 Å². The maximum absolute atomic E-state index is 10.9. The van der Waals surface area contributed by atoms with E-state index in [0.717, 1.165) is 5.56 Å². The Bertz CT molecular complexity index is 659. The van der Waals surface area contributed by atoms with E-state index in [1.54, 1.807) is 12.1 Å². The van der Waals surface area contributed by atoms with Gasteiger partial charge in [0.1, 0.15) is 5.76 Å². The van der Waals surface area contributed by atoms with Crippen LogP contribution >= 0.6 is 0 Å². The number of hydrogen-bond acceptors (Lipinski definition) is 4. The van der Waals surface area contributed by atoms with Crippen molar-refractivity contribution < 1.29 is 24.2 Å². The number of carboxylic acids is 2. The first-order valence-electron chi connectivity index (χ1n) is 5.87. The Morgan fingerprint density at radius 2 is 1.90 bits per heavy atom. The summed E-state index contributed by atoms with van der Waals surface area (Å²) in [5, 5.41) is 20.7. The molecule has 20 heavy (non-hydrogen) atoms. The Balaban J connectivity index is 2.11. The van der Waals surface area contributed by atoms with E-state index in [2.05, 4.69) is 5.32 Å². The highest BCUT2D eigenvalue weighted by Gasteiger charge is 2.10. The molecule has 0 fully saturated rings. The van der Waals surface area contributed by atoms with Gasteiger partial charge in [0.05, 0.1) is 12.1 Å². The van der Waals surface area contributed by atoms with Gasteiger partial charge in [-0.15, -0.1) is 0 Å². The minimum Gasteiger partial charge on any atom is -0.478 e. The summed E-state index contributed by atoms with van der Waals surface area (Å²) in [6.45, 7) is 2.12. The molecule has 0 amide bonds. The maximum atomic E-state index is 10.9. The van der Waals surface area contributed by atoms with Crippen LogP contribution in [0.5, 0.6) is 0 Å². The number of aromatic carboxylic acids is 2. The summed E-state index contributed by atoms with van der Waals surface area (Å²) in [6, 6.07) is 7.69. The third kappa shape index (κ3) is 2.97. The first kappa shape index (κ1) is 13.7. The molecule has 0 radical (unpaired) electrons. The normalized spacial score (nSPS) is 10.2. The van der Waals surface area contributed by atoms with Crippen LogP contribution in [0.15, 0.2) is 34.7 Å². The molecule has 0 aliphatic carbocycles. The molecule has 1 aromatic heterocycles. The van der Waals surface area contributed by atoms with Crippen molar-refractivity contribution in [2.45, 2.75) is 13.5 Å². The fourth-order valence-corrected chi connectivity index (χ4v) is 1.72. The maximum Gasteiger partial charge on any atom is 0.371 e. The lowest BCUT2D eigenvalue weighted by Crippen LogP contribution is -2.03. The van der Waals surface area contributed by atoms with E-state index < -0.39 is 11.9 Å². The summed E-state index contributed by atoms with van der Waals surface area (Å²) >= 11 is 0. The molecule has 0 aliphatic heterocycles. The van der Waals surface area contributed by atoms with Gasteiger partial charge < -0.3 is 19.9 Å². The van der Waals surface area contributed by atoms with Crippen LogP contribution in [-0.2, 0) is 6.54 Å². The molecule has 6 nitrogen and oxygen atoms in total. The topological polar surface area (TPSA) is 99.8 Å². The molecule has 3 N–H and O–H groups in total. The van der Waals surface area contributed by atoms with Gasteiger partial charge in [-0.3, -0.25) is 0 Å². The van der Waals surface area contributed by atoms with Gasteiger partial charge in [-0.25, -0.2) is 9.59 Å². The smallest absolute Gasteiger partial charge is 0.371 e. The highest BCUT2D eigenvalue weighted by molar-refractivity contribution is 5.89. The Morgan fingerprint density at radius 3 is 2.50 bits per heavy atom. The van der Waals surface area contributed by atoms with Gasteiger partial charge in [0.15, 0.2) is 0 Å². The number of furan rings is 1. The van der Waals surface area contributed by atoms with E-state index >= 15 is 0 Å². The lowest BCUT2D eigenvalue weighted by molar-refractivity contribution is 0.0658. The highest BCUT2D eigenvalue weighted by atomic mass is 16.4. The van der Waals surface area contributed by atoms with Crippen molar-refractivity contribution in [3.8, 4) is 0 Å². The standard InChI is InChI=1S/C14H13NO5/c1-8-2-3-9(13(16)17)6-11(8)15-7-10-4-5-12(20-10)14(18)19/h2-6,15H,7H2,1H3,(H,16,17)(H,18,19). The average Bonchev–Trinajstić information content (AvgIpc) is 2.86. The molecule has 0 saturated heterocycles. The predicted molar refractivity (Wildman–Crippen MR) is 71.1 cm³/mol. The Labute approximate surface area is 114 Å². The zero-order chi connectivity index (χ0) is 14.7. The van der Waals surface area contributed by atoms with E-state index in [-0.39, 0.29) is 17.9 Å². The Kier molecular flexibility index (Phi) is 3.74. The number of benzene rings is 1. The van der Waals surface area contributed by atoms with Crippen molar-refractivity contribution in [2.24, 2.45) is 0 Å². The third-order valence-electron chi connectivity index (χ3n) is 2.81. The number of rotatable bonds is 5. The first-order chi connectivity index (χ1) is 9.47. The summed E-state index contributed by atoms with van der Waals surface area (Å²) in [5.74, 6) is -1.79. The van der Waals surface area contributed by atoms with Crippen LogP contribution in [0.4, 0.5) is 5.69 Å². The predicted octanol–water partition coefficient (Wildman–Crippen LogP) is 2.60. The first-order valence-corrected chi connectivity index (χ1v) is 5.87. The molecule has 2 aromatic rings. The number of carbonyl (C=O) groups is 2. The minimum atomic E-state index is -1.12. The molecule has 0 spiro atoms. The number of hydrogen-bond donors (Lipinski definition) is 3. The largest absolute Gasteiger partial charge is 0.478 e. The van der Waals surface area contributed by atoms with Crippen molar-refractivity contribution in [1.82, 2.24) is 0 Å². The second-order valence-electron chi connectivity index (χ2n) is 4.26. The second kappa shape index (κ2) is 5.48. The summed E-state index contributed by atoms with van der Waals surface area (Å²) in [4.78, 5) is 21.6. The number of nitrogens with one attached hydrogen (secondary N) is 1. The van der Waals surface area contributed by atoms with Gasteiger partial charge in [-0.1, -0.05) is 6.07 Å². The van der Waals surface area contributed by atoms with Crippen molar-refractivity contribution in [3.63, 3.8) is 0 Å². The van der Waals surface area contributed by atoms with E-state index in [1.807, 2.05) is 6.92 Å². The van der Waals surface area contributed by atoms with Crippen molar-refractivity contribution >= 4 is 17.6 Å². The van der Waals surface area contributed by atoms with Crippen molar-refractivity contribution in [1.29, 1.82) is 0 Å². The molecule has 6 heteroatoms. The molecule has 104 valence electrons. The van der Waals surface area contributed by atoms with Crippen LogP contribution in [0.3, 0.4) is 0 Å². The van der Waals surface area contributed by atoms with Crippen LogP contribution in [0.2, 0.25) is 0 Å². The molecular weight excluding hydrogens is 262 g/mol. The monoisotopic (exact) mass is 275 g/mol. The lowest BCUT2D eigenvalue weighted by Gasteiger charge is -2.09. The summed E-state index contributed by atoms with van der Waals surface area (Å²) < 4.78 is 5.11.